The summed E-state index contributed by atoms with van der Waals surface area (Å²) >= 11 is 0. The largest absolute Gasteiger partial charge is 0.465 e. The summed E-state index contributed by atoms with van der Waals surface area (Å²) in [5, 5.41) is 9.93. The molecular weight excluding hydrogens is 246 g/mol. The lowest BCUT2D eigenvalue weighted by atomic mass is 9.83. The van der Waals surface area contributed by atoms with Crippen LogP contribution >= 0.6 is 0 Å². The Labute approximate surface area is 111 Å². The molecule has 104 valence electrons. The number of methoxy groups -OCH3 is 1. The van der Waals surface area contributed by atoms with Crippen molar-refractivity contribution >= 4 is 5.97 Å². The molecule has 0 saturated heterocycles. The van der Waals surface area contributed by atoms with E-state index in [0.717, 1.165) is 12.8 Å². The van der Waals surface area contributed by atoms with Crippen LogP contribution in [0.4, 0.5) is 0 Å². The summed E-state index contributed by atoms with van der Waals surface area (Å²) in [4.78, 5) is 23.7. The van der Waals surface area contributed by atoms with Crippen molar-refractivity contribution in [1.82, 2.24) is 4.57 Å². The highest BCUT2D eigenvalue weighted by Gasteiger charge is 2.30. The topological polar surface area (TPSA) is 68.5 Å². The molecule has 1 aromatic rings. The minimum absolute atomic E-state index is 0.0392. The molecule has 1 fully saturated rings. The van der Waals surface area contributed by atoms with E-state index in [-0.39, 0.29) is 17.2 Å². The maximum atomic E-state index is 12.2. The minimum Gasteiger partial charge on any atom is -0.465 e. The van der Waals surface area contributed by atoms with Gasteiger partial charge in [0, 0.05) is 12.2 Å². The molecule has 5 nitrogen and oxygen atoms in total. The molecule has 0 unspecified atom stereocenters. The highest BCUT2D eigenvalue weighted by Crippen LogP contribution is 2.33. The van der Waals surface area contributed by atoms with Gasteiger partial charge in [-0.25, -0.2) is 4.79 Å². The van der Waals surface area contributed by atoms with Gasteiger partial charge >= 0.3 is 5.97 Å². The van der Waals surface area contributed by atoms with Crippen LogP contribution in [0.5, 0.6) is 0 Å². The van der Waals surface area contributed by atoms with Crippen LogP contribution in [0.2, 0.25) is 0 Å². The monoisotopic (exact) mass is 265 g/mol. The molecule has 19 heavy (non-hydrogen) atoms. The van der Waals surface area contributed by atoms with Gasteiger partial charge < -0.3 is 14.4 Å². The van der Waals surface area contributed by atoms with Crippen molar-refractivity contribution in [3.05, 3.63) is 34.2 Å². The maximum absolute atomic E-state index is 12.2. The fourth-order valence-corrected chi connectivity index (χ4v) is 2.57. The number of rotatable bonds is 2. The van der Waals surface area contributed by atoms with Crippen LogP contribution in [-0.4, -0.2) is 28.4 Å². The smallest absolute Gasteiger partial charge is 0.343 e. The number of esters is 1. The zero-order valence-electron chi connectivity index (χ0n) is 11.3. The molecule has 0 spiro atoms. The molecule has 0 amide bonds. The van der Waals surface area contributed by atoms with Crippen molar-refractivity contribution in [2.24, 2.45) is 0 Å². The van der Waals surface area contributed by atoms with Gasteiger partial charge in [0.2, 0.25) is 0 Å². The summed E-state index contributed by atoms with van der Waals surface area (Å²) in [6.07, 6.45) is 4.48. The molecule has 0 radical (unpaired) electrons. The van der Waals surface area contributed by atoms with E-state index in [1.54, 1.807) is 16.8 Å². The van der Waals surface area contributed by atoms with Crippen molar-refractivity contribution in [1.29, 1.82) is 0 Å². The van der Waals surface area contributed by atoms with Crippen molar-refractivity contribution in [3.8, 4) is 0 Å². The van der Waals surface area contributed by atoms with Crippen LogP contribution in [0.1, 0.15) is 49.0 Å². The molecule has 2 rings (SSSR count). The molecule has 5 heteroatoms. The average molecular weight is 265 g/mol. The summed E-state index contributed by atoms with van der Waals surface area (Å²) in [6, 6.07) is 3.20. The normalized spacial score (nSPS) is 27.0. The number of ether oxygens (including phenoxy) is 1. The van der Waals surface area contributed by atoms with Crippen LogP contribution in [0.3, 0.4) is 0 Å². The van der Waals surface area contributed by atoms with Crippen molar-refractivity contribution < 1.29 is 14.6 Å². The van der Waals surface area contributed by atoms with Crippen molar-refractivity contribution in [2.45, 2.75) is 44.2 Å². The standard InChI is InChI=1S/C14H19NO4/c1-14(18)7-5-10(6-8-14)15-9-3-4-11(12(15)16)13(17)19-2/h3-4,9-10,18H,5-8H2,1-2H3/t10-,14-. The lowest BCUT2D eigenvalue weighted by molar-refractivity contribution is 0.00942. The fraction of sp³-hybridized carbons (Fsp3) is 0.571. The number of hydrogen-bond donors (Lipinski definition) is 1. The Balaban J connectivity index is 2.27. The summed E-state index contributed by atoms with van der Waals surface area (Å²) < 4.78 is 6.19. The van der Waals surface area contributed by atoms with E-state index in [4.69, 9.17) is 0 Å². The Kier molecular flexibility index (Phi) is 3.75. The van der Waals surface area contributed by atoms with Gasteiger partial charge in [-0.3, -0.25) is 4.79 Å². The third-order valence-corrected chi connectivity index (χ3v) is 3.81. The SMILES string of the molecule is COC(=O)c1cccn([C@H]2CC[C@](C)(O)CC2)c1=O. The van der Waals surface area contributed by atoms with Gasteiger partial charge in [0.05, 0.1) is 12.7 Å². The molecule has 0 aliphatic heterocycles. The number of nitrogens with zero attached hydrogens (tertiary/aromatic N) is 1. The second kappa shape index (κ2) is 5.17. The first-order valence-electron chi connectivity index (χ1n) is 6.46. The predicted molar refractivity (Wildman–Crippen MR) is 70.2 cm³/mol. The third kappa shape index (κ3) is 2.87. The second-order valence-corrected chi connectivity index (χ2v) is 5.35. The number of hydrogen-bond acceptors (Lipinski definition) is 4. The van der Waals surface area contributed by atoms with E-state index in [1.165, 1.54) is 13.2 Å². The Morgan fingerprint density at radius 1 is 1.47 bits per heavy atom. The fourth-order valence-electron chi connectivity index (χ4n) is 2.57. The van der Waals surface area contributed by atoms with Crippen LogP contribution in [0, 0.1) is 0 Å². The minimum atomic E-state index is -0.639. The number of pyridine rings is 1. The summed E-state index contributed by atoms with van der Waals surface area (Å²) in [6.45, 7) is 1.82. The first kappa shape index (κ1) is 13.8. The van der Waals surface area contributed by atoms with E-state index >= 15 is 0 Å². The summed E-state index contributed by atoms with van der Waals surface area (Å²) in [7, 11) is 1.26. The quantitative estimate of drug-likeness (QED) is 0.823. The van der Waals surface area contributed by atoms with Crippen molar-refractivity contribution in [3.63, 3.8) is 0 Å². The second-order valence-electron chi connectivity index (χ2n) is 5.35. The number of aromatic nitrogens is 1. The zero-order valence-corrected chi connectivity index (χ0v) is 11.3. The lowest BCUT2D eigenvalue weighted by Gasteiger charge is -2.33. The van der Waals surface area contributed by atoms with Crippen LogP contribution in [-0.2, 0) is 4.74 Å². The van der Waals surface area contributed by atoms with Crippen LogP contribution in [0.25, 0.3) is 0 Å². The average Bonchev–Trinajstić information content (AvgIpc) is 2.39. The van der Waals surface area contributed by atoms with E-state index < -0.39 is 11.6 Å². The summed E-state index contributed by atoms with van der Waals surface area (Å²) in [5.41, 5.74) is -0.900. The Bertz CT molecular complexity index is 522. The molecular formula is C14H19NO4. The third-order valence-electron chi connectivity index (χ3n) is 3.81. The van der Waals surface area contributed by atoms with Crippen LogP contribution < -0.4 is 5.56 Å². The molecule has 1 heterocycles. The van der Waals surface area contributed by atoms with Crippen molar-refractivity contribution in [2.75, 3.05) is 7.11 Å². The van der Waals surface area contributed by atoms with Gasteiger partial charge in [-0.05, 0) is 44.7 Å². The predicted octanol–water partition coefficient (Wildman–Crippen LogP) is 1.50. The number of carbonyl (C=O) groups excluding carboxylic acids is 1. The Hall–Kier alpha value is -1.62. The lowest BCUT2D eigenvalue weighted by Crippen LogP contribution is -2.36. The van der Waals surface area contributed by atoms with Gasteiger partial charge in [0.1, 0.15) is 5.56 Å². The van der Waals surface area contributed by atoms with Crippen LogP contribution in [0.15, 0.2) is 23.1 Å². The number of aliphatic hydroxyl groups is 1. The first-order valence-corrected chi connectivity index (χ1v) is 6.46. The highest BCUT2D eigenvalue weighted by atomic mass is 16.5. The highest BCUT2D eigenvalue weighted by molar-refractivity contribution is 5.88. The summed E-state index contributed by atoms with van der Waals surface area (Å²) in [5.74, 6) is -0.609. The first-order chi connectivity index (χ1) is 8.94. The van der Waals surface area contributed by atoms with Gasteiger partial charge in [0.15, 0.2) is 0 Å². The molecule has 1 saturated carbocycles. The van der Waals surface area contributed by atoms with Gasteiger partial charge in [-0.15, -0.1) is 0 Å². The molecule has 1 aliphatic carbocycles. The molecule has 1 N–H and O–H groups in total. The number of carbonyl (C=O) groups is 1. The van der Waals surface area contributed by atoms with E-state index in [1.807, 2.05) is 6.92 Å². The van der Waals surface area contributed by atoms with Gasteiger partial charge in [0.25, 0.3) is 5.56 Å². The Morgan fingerprint density at radius 3 is 2.68 bits per heavy atom. The molecule has 0 bridgehead atoms. The molecule has 0 atom stereocenters. The van der Waals surface area contributed by atoms with Gasteiger partial charge in [-0.1, -0.05) is 0 Å². The van der Waals surface area contributed by atoms with E-state index in [9.17, 15) is 14.7 Å². The maximum Gasteiger partial charge on any atom is 0.343 e. The molecule has 0 aromatic carbocycles. The van der Waals surface area contributed by atoms with E-state index in [0.29, 0.717) is 12.8 Å². The van der Waals surface area contributed by atoms with Gasteiger partial charge in [-0.2, -0.15) is 0 Å². The molecule has 1 aromatic heterocycles. The van der Waals surface area contributed by atoms with E-state index in [2.05, 4.69) is 4.74 Å². The zero-order chi connectivity index (χ0) is 14.0. The Morgan fingerprint density at radius 2 is 2.11 bits per heavy atom. The molecule has 1 aliphatic rings.